The van der Waals surface area contributed by atoms with E-state index < -0.39 is 17.6 Å². The second-order valence-corrected chi connectivity index (χ2v) is 4.74. The molecular formula is C14H12N2O4. The summed E-state index contributed by atoms with van der Waals surface area (Å²) >= 11 is 0. The summed E-state index contributed by atoms with van der Waals surface area (Å²) in [6.45, 7) is 0. The Morgan fingerprint density at radius 2 is 1.75 bits per heavy atom. The summed E-state index contributed by atoms with van der Waals surface area (Å²) in [7, 11) is 0. The molecule has 1 aliphatic rings. The van der Waals surface area contributed by atoms with Crippen LogP contribution in [0.1, 0.15) is 45.3 Å². The lowest BCUT2D eigenvalue weighted by Gasteiger charge is -2.06. The Labute approximate surface area is 114 Å². The number of benzene rings is 1. The van der Waals surface area contributed by atoms with E-state index >= 15 is 0 Å². The van der Waals surface area contributed by atoms with E-state index in [2.05, 4.69) is 5.10 Å². The first-order chi connectivity index (χ1) is 9.59. The van der Waals surface area contributed by atoms with Crippen molar-refractivity contribution in [2.45, 2.75) is 18.8 Å². The van der Waals surface area contributed by atoms with Crippen LogP contribution in [0.15, 0.2) is 30.3 Å². The van der Waals surface area contributed by atoms with Gasteiger partial charge in [0.05, 0.1) is 11.4 Å². The highest BCUT2D eigenvalue weighted by Crippen LogP contribution is 2.43. The van der Waals surface area contributed by atoms with Crippen molar-refractivity contribution in [2.24, 2.45) is 0 Å². The Bertz CT molecular complexity index is 687. The third-order valence-electron chi connectivity index (χ3n) is 3.30. The molecule has 0 unspecified atom stereocenters. The lowest BCUT2D eigenvalue weighted by molar-refractivity contribution is 0.0647. The molecule has 0 saturated heterocycles. The summed E-state index contributed by atoms with van der Waals surface area (Å²) in [6.07, 6.45) is 1.72. The highest BCUT2D eigenvalue weighted by molar-refractivity contribution is 6.01. The third-order valence-corrected chi connectivity index (χ3v) is 3.30. The second kappa shape index (κ2) is 4.48. The molecular weight excluding hydrogens is 260 g/mol. The van der Waals surface area contributed by atoms with E-state index in [1.807, 2.05) is 6.07 Å². The highest BCUT2D eigenvalue weighted by atomic mass is 16.4. The van der Waals surface area contributed by atoms with Gasteiger partial charge in [-0.15, -0.1) is 0 Å². The minimum Gasteiger partial charge on any atom is -0.478 e. The van der Waals surface area contributed by atoms with Crippen LogP contribution in [0.25, 0.3) is 5.69 Å². The molecule has 2 N–H and O–H groups in total. The fourth-order valence-electron chi connectivity index (χ4n) is 2.29. The number of carbonyl (C=O) groups is 2. The standard InChI is InChI=1S/C14H12N2O4/c17-13(18)10-11(14(19)20)15-16(12(10)8-6-7-8)9-4-2-1-3-5-9/h1-5,8H,6-7H2,(H,17,18)(H,19,20). The molecule has 0 amide bonds. The number of aromatic nitrogens is 2. The average molecular weight is 272 g/mol. The van der Waals surface area contributed by atoms with Gasteiger partial charge in [0.2, 0.25) is 0 Å². The van der Waals surface area contributed by atoms with Gasteiger partial charge in [-0.1, -0.05) is 18.2 Å². The summed E-state index contributed by atoms with van der Waals surface area (Å²) in [5, 5.41) is 22.5. The van der Waals surface area contributed by atoms with Gasteiger partial charge in [-0.25, -0.2) is 14.3 Å². The number of hydrogen-bond donors (Lipinski definition) is 2. The van der Waals surface area contributed by atoms with Crippen LogP contribution < -0.4 is 0 Å². The molecule has 0 atom stereocenters. The Morgan fingerprint density at radius 1 is 1.10 bits per heavy atom. The largest absolute Gasteiger partial charge is 0.478 e. The summed E-state index contributed by atoms with van der Waals surface area (Å²) in [5.74, 6) is -2.49. The number of aromatic carboxylic acids is 2. The maximum Gasteiger partial charge on any atom is 0.357 e. The van der Waals surface area contributed by atoms with Gasteiger partial charge in [0.15, 0.2) is 5.69 Å². The summed E-state index contributed by atoms with van der Waals surface area (Å²) in [4.78, 5) is 22.6. The Balaban J connectivity index is 2.27. The molecule has 20 heavy (non-hydrogen) atoms. The third kappa shape index (κ3) is 1.95. The van der Waals surface area contributed by atoms with Gasteiger partial charge < -0.3 is 10.2 Å². The van der Waals surface area contributed by atoms with E-state index in [-0.39, 0.29) is 11.5 Å². The maximum absolute atomic E-state index is 11.4. The van der Waals surface area contributed by atoms with Crippen LogP contribution in [0, 0.1) is 0 Å². The minimum absolute atomic E-state index is 0.0712. The molecule has 1 aromatic heterocycles. The molecule has 0 aliphatic heterocycles. The van der Waals surface area contributed by atoms with Crippen molar-refractivity contribution in [1.29, 1.82) is 0 Å². The van der Waals surface area contributed by atoms with E-state index in [4.69, 9.17) is 5.11 Å². The van der Waals surface area contributed by atoms with Crippen LogP contribution in [0.5, 0.6) is 0 Å². The molecule has 2 aromatic rings. The SMILES string of the molecule is O=C(O)c1nn(-c2ccccc2)c(C2CC2)c1C(=O)O. The van der Waals surface area contributed by atoms with Gasteiger partial charge >= 0.3 is 11.9 Å². The number of hydrogen-bond acceptors (Lipinski definition) is 3. The molecule has 1 fully saturated rings. The molecule has 0 radical (unpaired) electrons. The number of carboxylic acid groups (broad SMARTS) is 2. The van der Waals surface area contributed by atoms with Crippen molar-refractivity contribution in [1.82, 2.24) is 9.78 Å². The van der Waals surface area contributed by atoms with E-state index in [1.165, 1.54) is 4.68 Å². The Kier molecular flexibility index (Phi) is 2.78. The van der Waals surface area contributed by atoms with Crippen molar-refractivity contribution in [3.63, 3.8) is 0 Å². The lowest BCUT2D eigenvalue weighted by atomic mass is 10.1. The van der Waals surface area contributed by atoms with Crippen molar-refractivity contribution in [2.75, 3.05) is 0 Å². The molecule has 1 aliphatic carbocycles. The Morgan fingerprint density at radius 3 is 2.25 bits per heavy atom. The first-order valence-corrected chi connectivity index (χ1v) is 6.24. The fourth-order valence-corrected chi connectivity index (χ4v) is 2.29. The van der Waals surface area contributed by atoms with Gasteiger partial charge in [-0.2, -0.15) is 5.10 Å². The van der Waals surface area contributed by atoms with Crippen molar-refractivity contribution in [3.8, 4) is 5.69 Å². The maximum atomic E-state index is 11.4. The zero-order chi connectivity index (χ0) is 14.3. The summed E-state index contributed by atoms with van der Waals surface area (Å²) < 4.78 is 1.45. The quantitative estimate of drug-likeness (QED) is 0.889. The van der Waals surface area contributed by atoms with Gasteiger partial charge in [-0.05, 0) is 25.0 Å². The van der Waals surface area contributed by atoms with E-state index in [0.717, 1.165) is 12.8 Å². The molecule has 1 saturated carbocycles. The zero-order valence-electron chi connectivity index (χ0n) is 10.5. The first-order valence-electron chi connectivity index (χ1n) is 6.24. The molecule has 1 aromatic carbocycles. The minimum atomic E-state index is -1.32. The van der Waals surface area contributed by atoms with Gasteiger partial charge in [0.25, 0.3) is 0 Å². The molecule has 3 rings (SSSR count). The van der Waals surface area contributed by atoms with Gasteiger partial charge in [0, 0.05) is 5.92 Å². The smallest absolute Gasteiger partial charge is 0.357 e. The number of carboxylic acids is 2. The second-order valence-electron chi connectivity index (χ2n) is 4.74. The van der Waals surface area contributed by atoms with Crippen LogP contribution in [0.2, 0.25) is 0 Å². The van der Waals surface area contributed by atoms with Crippen molar-refractivity contribution in [3.05, 3.63) is 47.3 Å². The van der Waals surface area contributed by atoms with Crippen LogP contribution in [-0.4, -0.2) is 31.9 Å². The van der Waals surface area contributed by atoms with E-state index in [1.54, 1.807) is 24.3 Å². The zero-order valence-corrected chi connectivity index (χ0v) is 10.5. The molecule has 0 spiro atoms. The van der Waals surface area contributed by atoms with Crippen LogP contribution in [0.4, 0.5) is 0 Å². The average Bonchev–Trinajstić information content (AvgIpc) is 3.18. The van der Waals surface area contributed by atoms with Crippen LogP contribution in [0.3, 0.4) is 0 Å². The van der Waals surface area contributed by atoms with Gasteiger partial charge in [-0.3, -0.25) is 0 Å². The van der Waals surface area contributed by atoms with Crippen molar-refractivity contribution < 1.29 is 19.8 Å². The van der Waals surface area contributed by atoms with Gasteiger partial charge in [0.1, 0.15) is 5.56 Å². The Hall–Kier alpha value is -2.63. The fraction of sp³-hybridized carbons (Fsp3) is 0.214. The van der Waals surface area contributed by atoms with Crippen LogP contribution >= 0.6 is 0 Å². The van der Waals surface area contributed by atoms with Crippen molar-refractivity contribution >= 4 is 11.9 Å². The number of rotatable bonds is 4. The normalized spacial score (nSPS) is 14.2. The van der Waals surface area contributed by atoms with E-state index in [9.17, 15) is 14.7 Å². The predicted molar refractivity (Wildman–Crippen MR) is 69.5 cm³/mol. The molecule has 6 heteroatoms. The number of nitrogens with zero attached hydrogens (tertiary/aromatic N) is 2. The topological polar surface area (TPSA) is 92.4 Å². The first kappa shape index (κ1) is 12.4. The summed E-state index contributed by atoms with van der Waals surface area (Å²) in [5.41, 5.74) is 0.567. The predicted octanol–water partition coefficient (Wildman–Crippen LogP) is 2.15. The highest BCUT2D eigenvalue weighted by Gasteiger charge is 2.37. The van der Waals surface area contributed by atoms with E-state index in [0.29, 0.717) is 11.4 Å². The number of para-hydroxylation sites is 1. The molecule has 0 bridgehead atoms. The molecule has 6 nitrogen and oxygen atoms in total. The molecule has 102 valence electrons. The summed E-state index contributed by atoms with van der Waals surface area (Å²) in [6, 6.07) is 8.98. The molecule has 1 heterocycles. The lowest BCUT2D eigenvalue weighted by Crippen LogP contribution is -2.08. The monoisotopic (exact) mass is 272 g/mol. The van der Waals surface area contributed by atoms with Crippen LogP contribution in [-0.2, 0) is 0 Å².